The van der Waals surface area contributed by atoms with Gasteiger partial charge in [0.2, 0.25) is 0 Å². The number of nitrogens with zero attached hydrogens (tertiary/aromatic N) is 2. The molecule has 1 aromatic heterocycles. The molecule has 0 saturated carbocycles. The Labute approximate surface area is 83.1 Å². The van der Waals surface area contributed by atoms with Gasteiger partial charge in [-0.2, -0.15) is 5.10 Å². The standard InChI is InChI=1S/C9H16N4O/c1-6(10)7-11-8(13-12-7)9(2)4-3-5-14-9/h6H,3-5,10H2,1-2H3,(H,11,12,13). The van der Waals surface area contributed by atoms with Gasteiger partial charge in [0.15, 0.2) is 5.82 Å². The fraction of sp³-hybridized carbons (Fsp3) is 0.778. The molecular formula is C9H16N4O. The van der Waals surface area contributed by atoms with Crippen molar-refractivity contribution >= 4 is 0 Å². The SMILES string of the molecule is CC(N)c1nc(C2(C)CCCO2)n[nH]1. The van der Waals surface area contributed by atoms with E-state index in [1.54, 1.807) is 0 Å². The second kappa shape index (κ2) is 3.33. The number of nitrogens with one attached hydrogen (secondary N) is 1. The lowest BCUT2D eigenvalue weighted by Crippen LogP contribution is -2.22. The van der Waals surface area contributed by atoms with Crippen molar-refractivity contribution < 1.29 is 4.74 Å². The van der Waals surface area contributed by atoms with Crippen molar-refractivity contribution in [2.75, 3.05) is 6.61 Å². The smallest absolute Gasteiger partial charge is 0.182 e. The largest absolute Gasteiger partial charge is 0.367 e. The van der Waals surface area contributed by atoms with Gasteiger partial charge in [0, 0.05) is 6.61 Å². The van der Waals surface area contributed by atoms with Gasteiger partial charge < -0.3 is 10.5 Å². The number of nitrogens with two attached hydrogens (primary N) is 1. The Balaban J connectivity index is 2.23. The molecule has 2 heterocycles. The van der Waals surface area contributed by atoms with Crippen LogP contribution in [0.25, 0.3) is 0 Å². The first kappa shape index (κ1) is 9.61. The molecule has 0 radical (unpaired) electrons. The number of H-pyrrole nitrogens is 1. The highest BCUT2D eigenvalue weighted by molar-refractivity contribution is 5.04. The Kier molecular flexibility index (Phi) is 2.28. The molecule has 1 aliphatic rings. The van der Waals surface area contributed by atoms with Crippen molar-refractivity contribution in [2.24, 2.45) is 5.73 Å². The highest BCUT2D eigenvalue weighted by atomic mass is 16.5. The van der Waals surface area contributed by atoms with Gasteiger partial charge in [-0.05, 0) is 26.7 Å². The summed E-state index contributed by atoms with van der Waals surface area (Å²) in [6.45, 7) is 4.69. The molecule has 3 N–H and O–H groups in total. The number of rotatable bonds is 2. The van der Waals surface area contributed by atoms with Crippen LogP contribution in [0, 0.1) is 0 Å². The molecule has 5 heteroatoms. The first-order chi connectivity index (χ1) is 6.62. The summed E-state index contributed by atoms with van der Waals surface area (Å²) in [5.41, 5.74) is 5.38. The van der Waals surface area contributed by atoms with E-state index in [0.717, 1.165) is 31.1 Å². The van der Waals surface area contributed by atoms with Crippen LogP contribution in [0.4, 0.5) is 0 Å². The van der Waals surface area contributed by atoms with E-state index in [0.29, 0.717) is 0 Å². The van der Waals surface area contributed by atoms with Crippen molar-refractivity contribution in [3.8, 4) is 0 Å². The predicted molar refractivity (Wildman–Crippen MR) is 51.5 cm³/mol. The predicted octanol–water partition coefficient (Wildman–Crippen LogP) is 0.850. The van der Waals surface area contributed by atoms with E-state index in [9.17, 15) is 0 Å². The third-order valence-electron chi connectivity index (χ3n) is 2.63. The minimum atomic E-state index is -0.316. The van der Waals surface area contributed by atoms with Crippen LogP contribution in [0.2, 0.25) is 0 Å². The fourth-order valence-electron chi connectivity index (χ4n) is 1.67. The van der Waals surface area contributed by atoms with Gasteiger partial charge in [-0.1, -0.05) is 0 Å². The average molecular weight is 196 g/mol. The topological polar surface area (TPSA) is 76.8 Å². The van der Waals surface area contributed by atoms with Crippen molar-refractivity contribution in [2.45, 2.75) is 38.3 Å². The third-order valence-corrected chi connectivity index (χ3v) is 2.63. The molecule has 0 spiro atoms. The number of aromatic nitrogens is 3. The number of ether oxygens (including phenoxy) is 1. The summed E-state index contributed by atoms with van der Waals surface area (Å²) in [6, 6.07) is -0.110. The molecule has 0 aromatic carbocycles. The lowest BCUT2D eigenvalue weighted by molar-refractivity contribution is 0.00957. The van der Waals surface area contributed by atoms with Crippen LogP contribution < -0.4 is 5.73 Å². The molecule has 1 aromatic rings. The van der Waals surface area contributed by atoms with Crippen LogP contribution in [0.1, 0.15) is 44.4 Å². The van der Waals surface area contributed by atoms with Crippen molar-refractivity contribution in [1.29, 1.82) is 0 Å². The van der Waals surface area contributed by atoms with E-state index in [4.69, 9.17) is 10.5 Å². The molecule has 0 bridgehead atoms. The minimum absolute atomic E-state index is 0.110. The van der Waals surface area contributed by atoms with Crippen LogP contribution in [0.3, 0.4) is 0 Å². The Hall–Kier alpha value is -0.940. The van der Waals surface area contributed by atoms with Crippen LogP contribution in [0.15, 0.2) is 0 Å². The zero-order valence-corrected chi connectivity index (χ0v) is 8.58. The van der Waals surface area contributed by atoms with Crippen LogP contribution in [-0.2, 0) is 10.3 Å². The normalized spacial score (nSPS) is 29.4. The monoisotopic (exact) mass is 196 g/mol. The van der Waals surface area contributed by atoms with Crippen LogP contribution in [-0.4, -0.2) is 21.8 Å². The van der Waals surface area contributed by atoms with Crippen molar-refractivity contribution in [1.82, 2.24) is 15.2 Å². The molecule has 2 rings (SSSR count). The third kappa shape index (κ3) is 1.53. The van der Waals surface area contributed by atoms with Gasteiger partial charge in [-0.3, -0.25) is 5.10 Å². The van der Waals surface area contributed by atoms with Gasteiger partial charge >= 0.3 is 0 Å². The molecule has 2 unspecified atom stereocenters. The molecule has 1 fully saturated rings. The summed E-state index contributed by atoms with van der Waals surface area (Å²) in [6.07, 6.45) is 2.04. The number of aromatic amines is 1. The number of hydrogen-bond donors (Lipinski definition) is 2. The summed E-state index contributed by atoms with van der Waals surface area (Å²) in [7, 11) is 0. The average Bonchev–Trinajstić information content (AvgIpc) is 2.71. The van der Waals surface area contributed by atoms with E-state index in [1.165, 1.54) is 0 Å². The molecule has 0 aliphatic carbocycles. The molecule has 14 heavy (non-hydrogen) atoms. The van der Waals surface area contributed by atoms with Crippen molar-refractivity contribution in [3.05, 3.63) is 11.6 Å². The first-order valence-electron chi connectivity index (χ1n) is 4.94. The van der Waals surface area contributed by atoms with Gasteiger partial charge in [0.05, 0.1) is 6.04 Å². The highest BCUT2D eigenvalue weighted by Crippen LogP contribution is 2.33. The lowest BCUT2D eigenvalue weighted by Gasteiger charge is -2.18. The molecule has 1 aliphatic heterocycles. The van der Waals surface area contributed by atoms with E-state index >= 15 is 0 Å². The molecular weight excluding hydrogens is 180 g/mol. The highest BCUT2D eigenvalue weighted by Gasteiger charge is 2.35. The molecule has 78 valence electrons. The van der Waals surface area contributed by atoms with E-state index < -0.39 is 0 Å². The van der Waals surface area contributed by atoms with Crippen molar-refractivity contribution in [3.63, 3.8) is 0 Å². The van der Waals surface area contributed by atoms with Gasteiger partial charge in [0.1, 0.15) is 11.4 Å². The maximum Gasteiger partial charge on any atom is 0.182 e. The Bertz CT molecular complexity index is 314. The van der Waals surface area contributed by atoms with Gasteiger partial charge in [-0.15, -0.1) is 0 Å². The van der Waals surface area contributed by atoms with Crippen LogP contribution >= 0.6 is 0 Å². The maximum atomic E-state index is 5.69. The summed E-state index contributed by atoms with van der Waals surface area (Å²) < 4.78 is 5.63. The molecule has 5 nitrogen and oxygen atoms in total. The van der Waals surface area contributed by atoms with Crippen LogP contribution in [0.5, 0.6) is 0 Å². The lowest BCUT2D eigenvalue weighted by atomic mass is 10.0. The molecule has 0 amide bonds. The first-order valence-corrected chi connectivity index (χ1v) is 4.94. The second-order valence-electron chi connectivity index (χ2n) is 4.02. The van der Waals surface area contributed by atoms with E-state index in [1.807, 2.05) is 13.8 Å². The van der Waals surface area contributed by atoms with E-state index in [-0.39, 0.29) is 11.6 Å². The second-order valence-corrected chi connectivity index (χ2v) is 4.02. The van der Waals surface area contributed by atoms with Gasteiger partial charge in [-0.25, -0.2) is 4.98 Å². The zero-order valence-electron chi connectivity index (χ0n) is 8.58. The number of hydrogen-bond acceptors (Lipinski definition) is 4. The van der Waals surface area contributed by atoms with Gasteiger partial charge in [0.25, 0.3) is 0 Å². The summed E-state index contributed by atoms with van der Waals surface area (Å²) >= 11 is 0. The Morgan fingerprint density at radius 2 is 2.43 bits per heavy atom. The summed E-state index contributed by atoms with van der Waals surface area (Å²) in [4.78, 5) is 4.35. The summed E-state index contributed by atoms with van der Waals surface area (Å²) in [5.74, 6) is 1.44. The summed E-state index contributed by atoms with van der Waals surface area (Å²) in [5, 5.41) is 6.99. The maximum absolute atomic E-state index is 5.69. The zero-order chi connectivity index (χ0) is 10.2. The minimum Gasteiger partial charge on any atom is -0.367 e. The van der Waals surface area contributed by atoms with E-state index in [2.05, 4.69) is 15.2 Å². The quantitative estimate of drug-likeness (QED) is 0.735. The Morgan fingerprint density at radius 1 is 1.64 bits per heavy atom. The Morgan fingerprint density at radius 3 is 2.93 bits per heavy atom. The molecule has 2 atom stereocenters. The fourth-order valence-corrected chi connectivity index (χ4v) is 1.67. The molecule has 1 saturated heterocycles.